The maximum Gasteiger partial charge on any atom is 0.268 e. The van der Waals surface area contributed by atoms with E-state index in [-0.39, 0.29) is 5.91 Å². The molecule has 0 radical (unpaired) electrons. The van der Waals surface area contributed by atoms with Gasteiger partial charge in [0.2, 0.25) is 0 Å². The molecule has 1 heterocycles. The molecule has 1 amide bonds. The Morgan fingerprint density at radius 2 is 2.31 bits per heavy atom. The summed E-state index contributed by atoms with van der Waals surface area (Å²) in [4.78, 5) is 15.2. The quantitative estimate of drug-likeness (QED) is 0.341. The lowest BCUT2D eigenvalue weighted by atomic mass is 10.2. The minimum Gasteiger partial charge on any atom is -0.387 e. The lowest BCUT2D eigenvalue weighted by Gasteiger charge is -2.07. The maximum absolute atomic E-state index is 11.2. The molecule has 4 N–H and O–H groups in total. The molecule has 1 rings (SSSR count). The Kier molecular flexibility index (Phi) is 2.81. The van der Waals surface area contributed by atoms with Crippen LogP contribution in [-0.2, 0) is 0 Å². The van der Waals surface area contributed by atoms with Gasteiger partial charge >= 0.3 is 0 Å². The zero-order valence-electron chi connectivity index (χ0n) is 7.59. The third kappa shape index (κ3) is 1.94. The number of aryl methyl sites for hydroxylation is 1. The van der Waals surface area contributed by atoms with Gasteiger partial charge in [-0.2, -0.15) is 0 Å². The fraction of sp³-hybridized carbons (Fsp3) is 0.250. The van der Waals surface area contributed by atoms with Gasteiger partial charge in [0.1, 0.15) is 0 Å². The van der Waals surface area contributed by atoms with Crippen LogP contribution >= 0.6 is 0 Å². The number of amides is 1. The van der Waals surface area contributed by atoms with Crippen molar-refractivity contribution in [2.24, 2.45) is 5.84 Å². The van der Waals surface area contributed by atoms with Gasteiger partial charge in [-0.1, -0.05) is 0 Å². The van der Waals surface area contributed by atoms with Crippen LogP contribution in [0.15, 0.2) is 12.3 Å². The highest BCUT2D eigenvalue weighted by molar-refractivity contribution is 5.98. The number of hydrogen-bond acceptors (Lipinski definition) is 4. The number of rotatable bonds is 2. The first kappa shape index (κ1) is 9.47. The number of nitrogens with two attached hydrogens (primary N) is 1. The molecule has 5 heteroatoms. The van der Waals surface area contributed by atoms with Crippen LogP contribution in [0.3, 0.4) is 0 Å². The second-order valence-electron chi connectivity index (χ2n) is 2.59. The van der Waals surface area contributed by atoms with Gasteiger partial charge in [0.05, 0.1) is 11.3 Å². The molecule has 0 unspecified atom stereocenters. The highest BCUT2D eigenvalue weighted by Gasteiger charge is 2.09. The van der Waals surface area contributed by atoms with Crippen LogP contribution < -0.4 is 16.6 Å². The van der Waals surface area contributed by atoms with E-state index in [1.54, 1.807) is 13.1 Å². The third-order valence-corrected chi connectivity index (χ3v) is 1.69. The maximum atomic E-state index is 11.2. The molecular weight excluding hydrogens is 168 g/mol. The largest absolute Gasteiger partial charge is 0.387 e. The molecule has 0 fully saturated rings. The molecule has 0 aromatic carbocycles. The zero-order chi connectivity index (χ0) is 9.84. The summed E-state index contributed by atoms with van der Waals surface area (Å²) in [5.41, 5.74) is 4.06. The molecular formula is C8H12N4O. The van der Waals surface area contributed by atoms with Crippen LogP contribution in [-0.4, -0.2) is 17.9 Å². The van der Waals surface area contributed by atoms with E-state index in [1.165, 1.54) is 6.20 Å². The molecule has 0 aliphatic rings. The fourth-order valence-electron chi connectivity index (χ4n) is 1.03. The van der Waals surface area contributed by atoms with Gasteiger partial charge in [0.25, 0.3) is 5.91 Å². The van der Waals surface area contributed by atoms with E-state index in [0.29, 0.717) is 5.56 Å². The molecule has 1 aromatic rings. The lowest BCUT2D eigenvalue weighted by molar-refractivity contribution is 0.0954. The van der Waals surface area contributed by atoms with Crippen LogP contribution in [0.2, 0.25) is 0 Å². The van der Waals surface area contributed by atoms with Crippen molar-refractivity contribution in [3.05, 3.63) is 23.5 Å². The number of carbonyl (C=O) groups excluding carboxylic acids is 1. The summed E-state index contributed by atoms with van der Waals surface area (Å²) in [6, 6.07) is 1.78. The second kappa shape index (κ2) is 3.86. The van der Waals surface area contributed by atoms with Crippen molar-refractivity contribution < 1.29 is 4.79 Å². The number of nitrogens with zero attached hydrogens (tertiary/aromatic N) is 1. The fourth-order valence-corrected chi connectivity index (χ4v) is 1.03. The Hall–Kier alpha value is -1.62. The second-order valence-corrected chi connectivity index (χ2v) is 2.59. The Morgan fingerprint density at radius 3 is 2.85 bits per heavy atom. The molecule has 0 bridgehead atoms. The van der Waals surface area contributed by atoms with Crippen molar-refractivity contribution in [2.45, 2.75) is 6.92 Å². The summed E-state index contributed by atoms with van der Waals surface area (Å²) in [7, 11) is 1.74. The molecule has 0 aliphatic heterocycles. The summed E-state index contributed by atoms with van der Waals surface area (Å²) in [5.74, 6) is 4.66. The van der Waals surface area contributed by atoms with Gasteiger partial charge < -0.3 is 5.32 Å². The van der Waals surface area contributed by atoms with Crippen molar-refractivity contribution in [1.29, 1.82) is 0 Å². The lowest BCUT2D eigenvalue weighted by Crippen LogP contribution is -2.30. The normalized spacial score (nSPS) is 9.46. The number of anilines is 1. The molecule has 13 heavy (non-hydrogen) atoms. The van der Waals surface area contributed by atoms with Gasteiger partial charge in [-0.3, -0.25) is 15.2 Å². The first-order chi connectivity index (χ1) is 6.19. The van der Waals surface area contributed by atoms with Crippen molar-refractivity contribution in [3.8, 4) is 0 Å². The predicted octanol–water partition coefficient (Wildman–Crippen LogP) is 0.0352. The third-order valence-electron chi connectivity index (χ3n) is 1.69. The Balaban J connectivity index is 3.13. The van der Waals surface area contributed by atoms with Gasteiger partial charge in [0, 0.05) is 18.9 Å². The van der Waals surface area contributed by atoms with Gasteiger partial charge in [-0.25, -0.2) is 5.84 Å². The summed E-state index contributed by atoms with van der Waals surface area (Å²) in [5, 5.41) is 2.90. The zero-order valence-corrected chi connectivity index (χ0v) is 7.59. The van der Waals surface area contributed by atoms with E-state index >= 15 is 0 Å². The van der Waals surface area contributed by atoms with Gasteiger partial charge in [-0.15, -0.1) is 0 Å². The molecule has 0 saturated carbocycles. The minimum atomic E-state index is -0.350. The standard InChI is InChI=1S/C8H12N4O/c1-5-3-7(10-2)6(4-11-5)8(13)12-9/h3-4H,9H2,1-2H3,(H,10,11)(H,12,13). The van der Waals surface area contributed by atoms with Crippen LogP contribution in [0.25, 0.3) is 0 Å². The summed E-state index contributed by atoms with van der Waals surface area (Å²) < 4.78 is 0. The van der Waals surface area contributed by atoms with E-state index in [1.807, 2.05) is 6.92 Å². The van der Waals surface area contributed by atoms with E-state index in [0.717, 1.165) is 11.4 Å². The topological polar surface area (TPSA) is 80.0 Å². The van der Waals surface area contributed by atoms with Crippen LogP contribution in [0.1, 0.15) is 16.1 Å². The molecule has 0 saturated heterocycles. The number of hydrogen-bond donors (Lipinski definition) is 3. The van der Waals surface area contributed by atoms with Gasteiger partial charge in [-0.05, 0) is 13.0 Å². The van der Waals surface area contributed by atoms with Crippen LogP contribution in [0, 0.1) is 6.92 Å². The monoisotopic (exact) mass is 180 g/mol. The smallest absolute Gasteiger partial charge is 0.268 e. The van der Waals surface area contributed by atoms with E-state index in [2.05, 4.69) is 15.7 Å². The molecule has 0 aliphatic carbocycles. The Labute approximate surface area is 76.3 Å². The SMILES string of the molecule is CNc1cc(C)ncc1C(=O)NN. The van der Waals surface area contributed by atoms with Crippen molar-refractivity contribution >= 4 is 11.6 Å². The minimum absolute atomic E-state index is 0.350. The highest BCUT2D eigenvalue weighted by Crippen LogP contribution is 2.14. The predicted molar refractivity (Wildman–Crippen MR) is 50.2 cm³/mol. The first-order valence-electron chi connectivity index (χ1n) is 3.84. The summed E-state index contributed by atoms with van der Waals surface area (Å²) in [6.07, 6.45) is 1.49. The molecule has 1 aromatic heterocycles. The Morgan fingerprint density at radius 1 is 1.62 bits per heavy atom. The number of carbonyl (C=O) groups is 1. The Bertz CT molecular complexity index is 324. The van der Waals surface area contributed by atoms with Crippen molar-refractivity contribution in [2.75, 3.05) is 12.4 Å². The van der Waals surface area contributed by atoms with Crippen LogP contribution in [0.5, 0.6) is 0 Å². The van der Waals surface area contributed by atoms with E-state index < -0.39 is 0 Å². The number of hydrazine groups is 1. The van der Waals surface area contributed by atoms with Crippen LogP contribution in [0.4, 0.5) is 5.69 Å². The molecule has 0 spiro atoms. The summed E-state index contributed by atoms with van der Waals surface area (Å²) >= 11 is 0. The highest BCUT2D eigenvalue weighted by atomic mass is 16.2. The average Bonchev–Trinajstić information content (AvgIpc) is 2.16. The number of pyridine rings is 1. The van der Waals surface area contributed by atoms with E-state index in [9.17, 15) is 4.79 Å². The molecule has 0 atom stereocenters. The first-order valence-corrected chi connectivity index (χ1v) is 3.84. The van der Waals surface area contributed by atoms with E-state index in [4.69, 9.17) is 5.84 Å². The molecule has 5 nitrogen and oxygen atoms in total. The average molecular weight is 180 g/mol. The van der Waals surface area contributed by atoms with Gasteiger partial charge in [0.15, 0.2) is 0 Å². The summed E-state index contributed by atoms with van der Waals surface area (Å²) in [6.45, 7) is 1.85. The number of nitrogens with one attached hydrogen (secondary N) is 2. The van der Waals surface area contributed by atoms with Crippen molar-refractivity contribution in [1.82, 2.24) is 10.4 Å². The van der Waals surface area contributed by atoms with Crippen molar-refractivity contribution in [3.63, 3.8) is 0 Å². The number of aromatic nitrogens is 1. The number of nitrogen functional groups attached to an aromatic ring is 1. The molecule has 70 valence electrons.